The van der Waals surface area contributed by atoms with Crippen LogP contribution in [0, 0.1) is 0 Å². The van der Waals surface area contributed by atoms with Gasteiger partial charge in [-0.05, 0) is 12.5 Å². The Kier molecular flexibility index (Phi) is 5.15. The molecule has 1 aliphatic rings. The zero-order chi connectivity index (χ0) is 16.4. The van der Waals surface area contributed by atoms with Crippen LogP contribution >= 0.6 is 0 Å². The highest BCUT2D eigenvalue weighted by Crippen LogP contribution is 2.26. The predicted molar refractivity (Wildman–Crippen MR) is 74.8 cm³/mol. The quantitative estimate of drug-likeness (QED) is 0.431. The normalized spacial score (nSPS) is 36.6. The number of aliphatic hydroxyl groups is 5. The lowest BCUT2D eigenvalue weighted by molar-refractivity contribution is -0.234. The van der Waals surface area contributed by atoms with Crippen LogP contribution in [0.15, 0.2) is 30.3 Å². The van der Waals surface area contributed by atoms with E-state index in [9.17, 15) is 30.3 Å². The van der Waals surface area contributed by atoms with E-state index in [-0.39, 0.29) is 0 Å². The van der Waals surface area contributed by atoms with Gasteiger partial charge < -0.3 is 30.3 Å². The minimum absolute atomic E-state index is 0.651. The smallest absolute Gasteiger partial charge is 0.313 e. The van der Waals surface area contributed by atoms with Gasteiger partial charge in [0.2, 0.25) is 0 Å². The van der Waals surface area contributed by atoms with E-state index in [2.05, 4.69) is 0 Å². The van der Waals surface area contributed by atoms with Crippen molar-refractivity contribution in [2.75, 3.05) is 0 Å². The van der Waals surface area contributed by atoms with Crippen molar-refractivity contribution in [2.45, 2.75) is 49.5 Å². The molecule has 1 saturated carbocycles. The van der Waals surface area contributed by atoms with Crippen molar-refractivity contribution in [1.29, 1.82) is 0 Å². The van der Waals surface area contributed by atoms with Crippen LogP contribution < -0.4 is 0 Å². The third-order valence-electron chi connectivity index (χ3n) is 3.98. The molecular formula is C15H20O7. The van der Waals surface area contributed by atoms with E-state index < -0.39 is 48.5 Å². The van der Waals surface area contributed by atoms with Gasteiger partial charge in [0.1, 0.15) is 30.5 Å². The molecule has 22 heavy (non-hydrogen) atoms. The molecule has 7 nitrogen and oxygen atoms in total. The van der Waals surface area contributed by atoms with Crippen LogP contribution in [-0.4, -0.2) is 68.1 Å². The molecular weight excluding hydrogens is 292 g/mol. The van der Waals surface area contributed by atoms with E-state index in [4.69, 9.17) is 4.74 Å². The Morgan fingerprint density at radius 2 is 1.36 bits per heavy atom. The molecule has 122 valence electrons. The molecule has 1 aromatic rings. The number of ether oxygens (including phenoxy) is 1. The van der Waals surface area contributed by atoms with Crippen molar-refractivity contribution in [3.8, 4) is 0 Å². The van der Waals surface area contributed by atoms with Crippen molar-refractivity contribution in [2.24, 2.45) is 0 Å². The first-order chi connectivity index (χ1) is 10.3. The molecule has 0 spiro atoms. The first-order valence-electron chi connectivity index (χ1n) is 7.00. The number of rotatable bonds is 3. The maximum Gasteiger partial charge on any atom is 0.313 e. The van der Waals surface area contributed by atoms with Gasteiger partial charge in [0.15, 0.2) is 6.10 Å². The maximum absolute atomic E-state index is 12.1. The van der Waals surface area contributed by atoms with Crippen molar-refractivity contribution in [3.63, 3.8) is 0 Å². The molecule has 5 N–H and O–H groups in total. The van der Waals surface area contributed by atoms with E-state index in [1.54, 1.807) is 37.3 Å². The first-order valence-corrected chi connectivity index (χ1v) is 7.00. The summed E-state index contributed by atoms with van der Waals surface area (Å²) in [5.74, 6) is -1.37. The number of benzene rings is 1. The number of carbonyl (C=O) groups excluding carboxylic acids is 1. The van der Waals surface area contributed by atoms with Crippen LogP contribution in [0.4, 0.5) is 0 Å². The highest BCUT2D eigenvalue weighted by molar-refractivity contribution is 5.77. The van der Waals surface area contributed by atoms with E-state index in [1.807, 2.05) is 0 Å². The molecule has 0 aliphatic heterocycles. The molecule has 0 amide bonds. The SMILES string of the molecule is C[C@@H](C(=O)OC1[C@H](O)[C@H](O)C(O)[C@H](O)[C@H]1O)c1ccccc1. The Labute approximate surface area is 127 Å². The van der Waals surface area contributed by atoms with E-state index in [0.29, 0.717) is 5.56 Å². The minimum Gasteiger partial charge on any atom is -0.456 e. The third-order valence-corrected chi connectivity index (χ3v) is 3.98. The largest absolute Gasteiger partial charge is 0.456 e. The second kappa shape index (κ2) is 6.72. The molecule has 1 aliphatic carbocycles. The highest BCUT2D eigenvalue weighted by Gasteiger charge is 2.50. The van der Waals surface area contributed by atoms with Crippen LogP contribution in [0.2, 0.25) is 0 Å². The molecule has 7 atom stereocenters. The summed E-state index contributed by atoms with van der Waals surface area (Å²) in [4.78, 5) is 12.1. The zero-order valence-corrected chi connectivity index (χ0v) is 12.0. The lowest BCUT2D eigenvalue weighted by Gasteiger charge is -2.41. The summed E-state index contributed by atoms with van der Waals surface area (Å²) < 4.78 is 5.05. The summed E-state index contributed by atoms with van der Waals surface area (Å²) >= 11 is 0. The average molecular weight is 312 g/mol. The molecule has 1 fully saturated rings. The molecule has 1 aromatic carbocycles. The van der Waals surface area contributed by atoms with Gasteiger partial charge in [0.25, 0.3) is 0 Å². The lowest BCUT2D eigenvalue weighted by atomic mass is 9.84. The summed E-state index contributed by atoms with van der Waals surface area (Å²) in [6.07, 6.45) is -10.1. The molecule has 0 aromatic heterocycles. The Morgan fingerprint density at radius 3 is 1.86 bits per heavy atom. The van der Waals surface area contributed by atoms with Crippen molar-refractivity contribution in [1.82, 2.24) is 0 Å². The first kappa shape index (κ1) is 16.9. The Hall–Kier alpha value is -1.51. The fourth-order valence-electron chi connectivity index (χ4n) is 2.45. The molecule has 0 radical (unpaired) electrons. The molecule has 0 heterocycles. The summed E-state index contributed by atoms with van der Waals surface area (Å²) in [7, 11) is 0. The minimum atomic E-state index is -1.72. The van der Waals surface area contributed by atoms with Gasteiger partial charge in [0, 0.05) is 0 Å². The Balaban J connectivity index is 2.10. The molecule has 7 heteroatoms. The summed E-state index contributed by atoms with van der Waals surface area (Å²) in [6, 6.07) is 8.77. The Bertz CT molecular complexity index is 490. The second-order valence-corrected chi connectivity index (χ2v) is 5.49. The van der Waals surface area contributed by atoms with Crippen LogP contribution in [-0.2, 0) is 9.53 Å². The third kappa shape index (κ3) is 3.13. The second-order valence-electron chi connectivity index (χ2n) is 5.49. The van der Waals surface area contributed by atoms with Gasteiger partial charge in [-0.15, -0.1) is 0 Å². The summed E-state index contributed by atoms with van der Waals surface area (Å²) in [6.45, 7) is 1.60. The average Bonchev–Trinajstić information content (AvgIpc) is 2.55. The van der Waals surface area contributed by atoms with Gasteiger partial charge in [-0.3, -0.25) is 4.79 Å². The maximum atomic E-state index is 12.1. The van der Waals surface area contributed by atoms with E-state index in [1.165, 1.54) is 0 Å². The van der Waals surface area contributed by atoms with Crippen LogP contribution in [0.3, 0.4) is 0 Å². The molecule has 2 rings (SSSR count). The number of aliphatic hydroxyl groups excluding tert-OH is 5. The van der Waals surface area contributed by atoms with Crippen LogP contribution in [0.5, 0.6) is 0 Å². The standard InChI is InChI=1S/C15H20O7/c1-7(8-5-3-2-4-6-8)15(21)22-14-12(19)10(17)9(16)11(18)13(14)20/h2-7,9-14,16-20H,1H3/t7-,9?,10-,11+,12-,13-,14?/m1/s1. The summed E-state index contributed by atoms with van der Waals surface area (Å²) in [5.41, 5.74) is 0.688. The van der Waals surface area contributed by atoms with E-state index in [0.717, 1.165) is 0 Å². The number of hydrogen-bond acceptors (Lipinski definition) is 7. The molecule has 0 bridgehead atoms. The van der Waals surface area contributed by atoms with Gasteiger partial charge in [0.05, 0.1) is 5.92 Å². The predicted octanol–water partition coefficient (Wildman–Crippen LogP) is -1.48. The van der Waals surface area contributed by atoms with Gasteiger partial charge in [-0.2, -0.15) is 0 Å². The topological polar surface area (TPSA) is 127 Å². The molecule has 0 saturated heterocycles. The van der Waals surface area contributed by atoms with Gasteiger partial charge in [-0.25, -0.2) is 0 Å². The van der Waals surface area contributed by atoms with Crippen molar-refractivity contribution < 1.29 is 35.1 Å². The monoisotopic (exact) mass is 312 g/mol. The van der Waals surface area contributed by atoms with E-state index >= 15 is 0 Å². The Morgan fingerprint density at radius 1 is 0.909 bits per heavy atom. The zero-order valence-electron chi connectivity index (χ0n) is 12.0. The van der Waals surface area contributed by atoms with Crippen molar-refractivity contribution >= 4 is 5.97 Å². The summed E-state index contributed by atoms with van der Waals surface area (Å²) in [5, 5.41) is 48.4. The van der Waals surface area contributed by atoms with Gasteiger partial charge >= 0.3 is 5.97 Å². The lowest BCUT2D eigenvalue weighted by Crippen LogP contribution is -2.64. The van der Waals surface area contributed by atoms with Crippen LogP contribution in [0.1, 0.15) is 18.4 Å². The fourth-order valence-corrected chi connectivity index (χ4v) is 2.45. The highest BCUT2D eigenvalue weighted by atomic mass is 16.6. The van der Waals surface area contributed by atoms with Gasteiger partial charge in [-0.1, -0.05) is 30.3 Å². The van der Waals surface area contributed by atoms with Crippen molar-refractivity contribution in [3.05, 3.63) is 35.9 Å². The molecule has 2 unspecified atom stereocenters. The number of esters is 1. The van der Waals surface area contributed by atoms with Crippen LogP contribution in [0.25, 0.3) is 0 Å². The fraction of sp³-hybridized carbons (Fsp3) is 0.533. The number of hydrogen-bond donors (Lipinski definition) is 5. The number of carbonyl (C=O) groups is 1.